The van der Waals surface area contributed by atoms with Crippen LogP contribution in [0.5, 0.6) is 5.75 Å². The van der Waals surface area contributed by atoms with Crippen LogP contribution >= 0.6 is 0 Å². The van der Waals surface area contributed by atoms with Gasteiger partial charge in [0.1, 0.15) is 5.75 Å². The van der Waals surface area contributed by atoms with E-state index in [0.29, 0.717) is 22.6 Å². The van der Waals surface area contributed by atoms with Crippen LogP contribution in [0.2, 0.25) is 0 Å². The van der Waals surface area contributed by atoms with Crippen molar-refractivity contribution in [3.8, 4) is 5.75 Å². The minimum absolute atomic E-state index is 0.398. The zero-order chi connectivity index (χ0) is 19.9. The zero-order valence-corrected chi connectivity index (χ0v) is 15.7. The Morgan fingerprint density at radius 1 is 0.893 bits per heavy atom. The Kier molecular flexibility index (Phi) is 6.07. The highest BCUT2D eigenvalue weighted by molar-refractivity contribution is 5.98. The third-order valence-corrected chi connectivity index (χ3v) is 4.16. The molecule has 0 bridgehead atoms. The van der Waals surface area contributed by atoms with Crippen LogP contribution in [0.1, 0.15) is 27.6 Å². The van der Waals surface area contributed by atoms with Crippen LogP contribution in [0.4, 0.5) is 5.69 Å². The molecule has 1 atom stereocenters. The first-order valence-electron chi connectivity index (χ1n) is 8.84. The summed E-state index contributed by atoms with van der Waals surface area (Å²) >= 11 is 0. The summed E-state index contributed by atoms with van der Waals surface area (Å²) in [5, 5.41) is 2.79. The van der Waals surface area contributed by atoms with Gasteiger partial charge >= 0.3 is 5.97 Å². The average Bonchev–Trinajstić information content (AvgIpc) is 2.72. The number of carbonyl (C=O) groups excluding carboxylic acids is 2. The number of aryl methyl sites for hydroxylation is 1. The molecule has 0 aliphatic carbocycles. The second-order valence-corrected chi connectivity index (χ2v) is 6.29. The average molecular weight is 375 g/mol. The van der Waals surface area contributed by atoms with Crippen molar-refractivity contribution in [1.29, 1.82) is 0 Å². The molecule has 0 aliphatic rings. The minimum atomic E-state index is -1.08. The summed E-state index contributed by atoms with van der Waals surface area (Å²) in [6, 6.07) is 23.0. The molecule has 5 heteroatoms. The van der Waals surface area contributed by atoms with Gasteiger partial charge in [-0.15, -0.1) is 0 Å². The van der Waals surface area contributed by atoms with Crippen LogP contribution in [0.3, 0.4) is 0 Å². The topological polar surface area (TPSA) is 64.6 Å². The fraction of sp³-hybridized carbons (Fsp3) is 0.130. The summed E-state index contributed by atoms with van der Waals surface area (Å²) in [5.41, 5.74) is 2.47. The molecule has 0 saturated carbocycles. The number of methoxy groups -OCH3 is 1. The molecule has 3 aromatic carbocycles. The number of nitrogens with one attached hydrogen (secondary N) is 1. The largest absolute Gasteiger partial charge is 0.497 e. The summed E-state index contributed by atoms with van der Waals surface area (Å²) in [6.07, 6.45) is -1.08. The lowest BCUT2D eigenvalue weighted by atomic mass is 10.1. The van der Waals surface area contributed by atoms with Gasteiger partial charge in [0.15, 0.2) is 0 Å². The lowest BCUT2D eigenvalue weighted by Gasteiger charge is -2.18. The normalized spacial score (nSPS) is 11.4. The van der Waals surface area contributed by atoms with Crippen LogP contribution in [-0.2, 0) is 9.53 Å². The Hall–Kier alpha value is -3.60. The number of hydrogen-bond donors (Lipinski definition) is 1. The summed E-state index contributed by atoms with van der Waals surface area (Å²) in [6.45, 7) is 1.89. The summed E-state index contributed by atoms with van der Waals surface area (Å²) < 4.78 is 10.8. The van der Waals surface area contributed by atoms with E-state index in [1.807, 2.05) is 19.1 Å². The standard InChI is InChI=1S/C23H21NO4/c1-16-8-6-11-18(14-16)23(26)28-21(17-9-4-3-5-10-17)22(25)24-19-12-7-13-20(15-19)27-2/h3-15,21H,1-2H3,(H,24,25). The Labute approximate surface area is 163 Å². The molecule has 3 aromatic rings. The molecular weight excluding hydrogens is 354 g/mol. The maximum atomic E-state index is 12.9. The molecule has 0 saturated heterocycles. The highest BCUT2D eigenvalue weighted by Gasteiger charge is 2.26. The Morgan fingerprint density at radius 3 is 2.36 bits per heavy atom. The number of rotatable bonds is 6. The molecule has 1 unspecified atom stereocenters. The van der Waals surface area contributed by atoms with E-state index in [9.17, 15) is 9.59 Å². The van der Waals surface area contributed by atoms with Crippen molar-refractivity contribution >= 4 is 17.6 Å². The van der Waals surface area contributed by atoms with E-state index in [0.717, 1.165) is 5.56 Å². The van der Waals surface area contributed by atoms with Crippen molar-refractivity contribution in [2.45, 2.75) is 13.0 Å². The molecule has 1 amide bonds. The van der Waals surface area contributed by atoms with E-state index in [-0.39, 0.29) is 0 Å². The molecule has 0 radical (unpaired) electrons. The van der Waals surface area contributed by atoms with Crippen LogP contribution in [0.25, 0.3) is 0 Å². The zero-order valence-electron chi connectivity index (χ0n) is 15.7. The lowest BCUT2D eigenvalue weighted by Crippen LogP contribution is -2.26. The molecule has 28 heavy (non-hydrogen) atoms. The second-order valence-electron chi connectivity index (χ2n) is 6.29. The highest BCUT2D eigenvalue weighted by Crippen LogP contribution is 2.23. The van der Waals surface area contributed by atoms with Crippen molar-refractivity contribution < 1.29 is 19.1 Å². The van der Waals surface area contributed by atoms with Gasteiger partial charge in [-0.2, -0.15) is 0 Å². The predicted octanol–water partition coefficient (Wildman–Crippen LogP) is 4.54. The van der Waals surface area contributed by atoms with Gasteiger partial charge in [0.05, 0.1) is 12.7 Å². The van der Waals surface area contributed by atoms with E-state index in [4.69, 9.17) is 9.47 Å². The Bertz CT molecular complexity index is 969. The van der Waals surface area contributed by atoms with E-state index >= 15 is 0 Å². The third kappa shape index (κ3) is 4.76. The van der Waals surface area contributed by atoms with Gasteiger partial charge in [0, 0.05) is 17.3 Å². The molecule has 0 aliphatic heterocycles. The van der Waals surface area contributed by atoms with Crippen LogP contribution in [0.15, 0.2) is 78.9 Å². The summed E-state index contributed by atoms with van der Waals surface area (Å²) in [4.78, 5) is 25.5. The molecule has 142 valence electrons. The number of ether oxygens (including phenoxy) is 2. The van der Waals surface area contributed by atoms with Gasteiger partial charge in [-0.3, -0.25) is 4.79 Å². The van der Waals surface area contributed by atoms with E-state index in [1.54, 1.807) is 73.8 Å². The molecule has 3 rings (SSSR count). The van der Waals surface area contributed by atoms with Crippen LogP contribution in [0, 0.1) is 6.92 Å². The van der Waals surface area contributed by atoms with Gasteiger partial charge in [0.25, 0.3) is 5.91 Å². The molecular formula is C23H21NO4. The van der Waals surface area contributed by atoms with Crippen LogP contribution in [-0.4, -0.2) is 19.0 Å². The quantitative estimate of drug-likeness (QED) is 0.643. The molecule has 0 spiro atoms. The fourth-order valence-corrected chi connectivity index (χ4v) is 2.76. The number of hydrogen-bond acceptors (Lipinski definition) is 4. The molecule has 1 N–H and O–H groups in total. The third-order valence-electron chi connectivity index (χ3n) is 4.16. The van der Waals surface area contributed by atoms with Crippen molar-refractivity contribution in [3.05, 3.63) is 95.6 Å². The highest BCUT2D eigenvalue weighted by atomic mass is 16.5. The number of amides is 1. The predicted molar refractivity (Wildman–Crippen MR) is 107 cm³/mol. The van der Waals surface area contributed by atoms with Gasteiger partial charge in [-0.1, -0.05) is 54.1 Å². The number of anilines is 1. The first-order valence-corrected chi connectivity index (χ1v) is 8.84. The van der Waals surface area contributed by atoms with E-state index < -0.39 is 18.0 Å². The fourth-order valence-electron chi connectivity index (χ4n) is 2.76. The number of esters is 1. The smallest absolute Gasteiger partial charge is 0.339 e. The minimum Gasteiger partial charge on any atom is -0.497 e. The first kappa shape index (κ1) is 19.2. The lowest BCUT2D eigenvalue weighted by molar-refractivity contribution is -0.125. The van der Waals surface area contributed by atoms with Gasteiger partial charge in [-0.05, 0) is 31.2 Å². The number of carbonyl (C=O) groups is 2. The molecule has 0 heterocycles. The maximum absolute atomic E-state index is 12.9. The van der Waals surface area contributed by atoms with Crippen molar-refractivity contribution in [2.75, 3.05) is 12.4 Å². The first-order chi connectivity index (χ1) is 13.6. The van der Waals surface area contributed by atoms with Gasteiger partial charge in [-0.25, -0.2) is 4.79 Å². The summed E-state index contributed by atoms with van der Waals surface area (Å²) in [7, 11) is 1.55. The monoisotopic (exact) mass is 375 g/mol. The maximum Gasteiger partial charge on any atom is 0.339 e. The molecule has 0 aromatic heterocycles. The second kappa shape index (κ2) is 8.86. The molecule has 0 fully saturated rings. The van der Waals surface area contributed by atoms with Crippen LogP contribution < -0.4 is 10.1 Å². The van der Waals surface area contributed by atoms with Gasteiger partial charge in [0.2, 0.25) is 6.10 Å². The van der Waals surface area contributed by atoms with Crippen molar-refractivity contribution in [1.82, 2.24) is 0 Å². The molecule has 5 nitrogen and oxygen atoms in total. The van der Waals surface area contributed by atoms with Gasteiger partial charge < -0.3 is 14.8 Å². The van der Waals surface area contributed by atoms with Crippen molar-refractivity contribution in [3.63, 3.8) is 0 Å². The van der Waals surface area contributed by atoms with E-state index in [2.05, 4.69) is 5.32 Å². The summed E-state index contributed by atoms with van der Waals surface area (Å²) in [5.74, 6) is -0.385. The Balaban J connectivity index is 1.84. The Morgan fingerprint density at radius 2 is 1.64 bits per heavy atom. The number of benzene rings is 3. The van der Waals surface area contributed by atoms with E-state index in [1.165, 1.54) is 0 Å². The SMILES string of the molecule is COc1cccc(NC(=O)C(OC(=O)c2cccc(C)c2)c2ccccc2)c1. The van der Waals surface area contributed by atoms with Crippen molar-refractivity contribution in [2.24, 2.45) is 0 Å².